The normalized spacial score (nSPS) is 25.6. The molecule has 0 radical (unpaired) electrons. The van der Waals surface area contributed by atoms with Gasteiger partial charge in [-0.3, -0.25) is 4.90 Å². The fourth-order valence-corrected chi connectivity index (χ4v) is 4.67. The van der Waals surface area contributed by atoms with Crippen LogP contribution in [-0.4, -0.2) is 29.4 Å². The van der Waals surface area contributed by atoms with E-state index in [1.807, 2.05) is 6.07 Å². The predicted octanol–water partition coefficient (Wildman–Crippen LogP) is 4.41. The van der Waals surface area contributed by atoms with Crippen LogP contribution in [0.3, 0.4) is 0 Å². The van der Waals surface area contributed by atoms with Crippen molar-refractivity contribution in [1.82, 2.24) is 4.90 Å². The Labute approximate surface area is 134 Å². The highest BCUT2D eigenvalue weighted by molar-refractivity contribution is 9.09. The Morgan fingerprint density at radius 2 is 2.15 bits per heavy atom. The molecule has 3 rings (SSSR count). The minimum atomic E-state index is 0.606. The molecule has 20 heavy (non-hydrogen) atoms. The number of rotatable bonds is 3. The van der Waals surface area contributed by atoms with Crippen LogP contribution in [0.1, 0.15) is 36.8 Å². The number of ether oxygens (including phenoxy) is 1. The Morgan fingerprint density at radius 3 is 2.95 bits per heavy atom. The number of fused-ring (bicyclic) bond motifs is 1. The fraction of sp³-hybridized carbons (Fsp3) is 0.625. The third kappa shape index (κ3) is 3.00. The number of hydrogen-bond donors (Lipinski definition) is 0. The number of benzene rings is 1. The third-order valence-corrected chi connectivity index (χ3v) is 5.74. The summed E-state index contributed by atoms with van der Waals surface area (Å²) in [6, 6.07) is 4.72. The molecule has 2 aliphatic rings. The van der Waals surface area contributed by atoms with Crippen molar-refractivity contribution in [1.29, 1.82) is 0 Å². The molecule has 1 aromatic rings. The SMILES string of the molecule is CN(Cc1cc(Cl)cc2c1OCC2)C1CCCCC1Br. The van der Waals surface area contributed by atoms with Crippen LogP contribution in [0.5, 0.6) is 5.75 Å². The van der Waals surface area contributed by atoms with E-state index in [2.05, 4.69) is 33.9 Å². The highest BCUT2D eigenvalue weighted by atomic mass is 79.9. The van der Waals surface area contributed by atoms with Crippen molar-refractivity contribution in [3.63, 3.8) is 0 Å². The van der Waals surface area contributed by atoms with Crippen LogP contribution in [0, 0.1) is 0 Å². The lowest BCUT2D eigenvalue weighted by Gasteiger charge is -2.35. The van der Waals surface area contributed by atoms with E-state index in [0.717, 1.165) is 30.3 Å². The molecule has 2 atom stereocenters. The predicted molar refractivity (Wildman–Crippen MR) is 87.1 cm³/mol. The van der Waals surface area contributed by atoms with E-state index < -0.39 is 0 Å². The van der Waals surface area contributed by atoms with Crippen molar-refractivity contribution in [2.45, 2.75) is 49.5 Å². The van der Waals surface area contributed by atoms with Crippen LogP contribution >= 0.6 is 27.5 Å². The summed E-state index contributed by atoms with van der Waals surface area (Å²) in [6.45, 7) is 1.70. The summed E-state index contributed by atoms with van der Waals surface area (Å²) in [7, 11) is 2.21. The van der Waals surface area contributed by atoms with Crippen molar-refractivity contribution in [3.8, 4) is 5.75 Å². The second-order valence-electron chi connectivity index (χ2n) is 5.93. The lowest BCUT2D eigenvalue weighted by Crippen LogP contribution is -2.40. The van der Waals surface area contributed by atoms with Crippen LogP contribution in [0.4, 0.5) is 0 Å². The van der Waals surface area contributed by atoms with E-state index in [1.165, 1.54) is 36.8 Å². The molecule has 0 aromatic heterocycles. The van der Waals surface area contributed by atoms with E-state index in [9.17, 15) is 0 Å². The molecule has 0 spiro atoms. The van der Waals surface area contributed by atoms with Gasteiger partial charge in [-0.15, -0.1) is 0 Å². The minimum Gasteiger partial charge on any atom is -0.493 e. The average Bonchev–Trinajstić information content (AvgIpc) is 2.87. The van der Waals surface area contributed by atoms with Crippen LogP contribution in [0.15, 0.2) is 12.1 Å². The summed E-state index contributed by atoms with van der Waals surface area (Å²) in [6.07, 6.45) is 6.21. The maximum absolute atomic E-state index is 6.24. The van der Waals surface area contributed by atoms with Gasteiger partial charge in [0.25, 0.3) is 0 Å². The Balaban J connectivity index is 1.77. The first kappa shape index (κ1) is 14.7. The van der Waals surface area contributed by atoms with Gasteiger partial charge in [-0.05, 0) is 37.6 Å². The van der Waals surface area contributed by atoms with E-state index in [-0.39, 0.29) is 0 Å². The van der Waals surface area contributed by atoms with Crippen LogP contribution in [0.2, 0.25) is 5.02 Å². The largest absolute Gasteiger partial charge is 0.493 e. The molecule has 1 heterocycles. The Morgan fingerprint density at radius 1 is 1.35 bits per heavy atom. The van der Waals surface area contributed by atoms with Gasteiger partial charge in [0.1, 0.15) is 5.75 Å². The van der Waals surface area contributed by atoms with Gasteiger partial charge in [-0.1, -0.05) is 40.4 Å². The maximum Gasteiger partial charge on any atom is 0.127 e. The Kier molecular flexibility index (Phi) is 4.58. The summed E-state index contributed by atoms with van der Waals surface area (Å²) in [5.41, 5.74) is 2.50. The van der Waals surface area contributed by atoms with Crippen LogP contribution in [0.25, 0.3) is 0 Å². The molecule has 0 bridgehead atoms. The molecule has 0 amide bonds. The summed E-state index contributed by atoms with van der Waals surface area (Å²) in [5.74, 6) is 1.07. The van der Waals surface area contributed by atoms with Crippen molar-refractivity contribution in [2.24, 2.45) is 0 Å². The van der Waals surface area contributed by atoms with Gasteiger partial charge in [0.15, 0.2) is 0 Å². The third-order valence-electron chi connectivity index (χ3n) is 4.46. The summed E-state index contributed by atoms with van der Waals surface area (Å²) >= 11 is 10.1. The molecular weight excluding hydrogens is 338 g/mol. The molecule has 1 saturated carbocycles. The first-order chi connectivity index (χ1) is 9.65. The van der Waals surface area contributed by atoms with E-state index in [1.54, 1.807) is 0 Å². The summed E-state index contributed by atoms with van der Waals surface area (Å²) < 4.78 is 5.80. The molecule has 0 saturated heterocycles. The molecule has 2 unspecified atom stereocenters. The van der Waals surface area contributed by atoms with Gasteiger partial charge in [0.05, 0.1) is 6.61 Å². The Bertz CT molecular complexity index is 494. The molecule has 0 N–H and O–H groups in total. The zero-order valence-corrected chi connectivity index (χ0v) is 14.2. The minimum absolute atomic E-state index is 0.606. The van der Waals surface area contributed by atoms with Crippen molar-refractivity contribution in [3.05, 3.63) is 28.3 Å². The van der Waals surface area contributed by atoms with Crippen molar-refractivity contribution < 1.29 is 4.74 Å². The molecule has 1 aliphatic carbocycles. The van der Waals surface area contributed by atoms with Gasteiger partial charge in [0, 0.05) is 34.4 Å². The zero-order valence-electron chi connectivity index (χ0n) is 11.9. The number of nitrogens with zero attached hydrogens (tertiary/aromatic N) is 1. The number of alkyl halides is 1. The fourth-order valence-electron chi connectivity index (χ4n) is 3.41. The van der Waals surface area contributed by atoms with Gasteiger partial charge >= 0.3 is 0 Å². The van der Waals surface area contributed by atoms with Gasteiger partial charge in [-0.2, -0.15) is 0 Å². The van der Waals surface area contributed by atoms with Gasteiger partial charge in [-0.25, -0.2) is 0 Å². The molecule has 1 aliphatic heterocycles. The lowest BCUT2D eigenvalue weighted by molar-refractivity contribution is 0.191. The monoisotopic (exact) mass is 357 g/mol. The highest BCUT2D eigenvalue weighted by Gasteiger charge is 2.27. The van der Waals surface area contributed by atoms with Gasteiger partial charge < -0.3 is 4.74 Å². The van der Waals surface area contributed by atoms with Crippen LogP contribution < -0.4 is 4.74 Å². The Hall–Kier alpha value is -0.250. The number of hydrogen-bond acceptors (Lipinski definition) is 2. The van der Waals surface area contributed by atoms with Crippen LogP contribution in [-0.2, 0) is 13.0 Å². The zero-order chi connectivity index (χ0) is 14.1. The number of halogens is 2. The highest BCUT2D eigenvalue weighted by Crippen LogP contribution is 2.35. The smallest absolute Gasteiger partial charge is 0.127 e. The first-order valence-corrected chi connectivity index (χ1v) is 8.73. The second-order valence-corrected chi connectivity index (χ2v) is 7.55. The topological polar surface area (TPSA) is 12.5 Å². The lowest BCUT2D eigenvalue weighted by atomic mass is 9.94. The van der Waals surface area contributed by atoms with E-state index >= 15 is 0 Å². The molecule has 110 valence electrons. The second kappa shape index (κ2) is 6.25. The summed E-state index contributed by atoms with van der Waals surface area (Å²) in [4.78, 5) is 3.06. The van der Waals surface area contributed by atoms with Crippen molar-refractivity contribution >= 4 is 27.5 Å². The molecule has 1 fully saturated rings. The molecule has 4 heteroatoms. The van der Waals surface area contributed by atoms with E-state index in [4.69, 9.17) is 16.3 Å². The van der Waals surface area contributed by atoms with Gasteiger partial charge in [0.2, 0.25) is 0 Å². The average molecular weight is 359 g/mol. The molecular formula is C16H21BrClNO. The summed E-state index contributed by atoms with van der Waals surface area (Å²) in [5, 5.41) is 0.830. The molecule has 2 nitrogen and oxygen atoms in total. The standard InChI is InChI=1S/C16H21BrClNO/c1-19(15-5-3-2-4-14(15)17)10-12-9-13(18)8-11-6-7-20-16(11)12/h8-9,14-15H,2-7,10H2,1H3. The molecule has 1 aromatic carbocycles. The maximum atomic E-state index is 6.24. The van der Waals surface area contributed by atoms with Crippen molar-refractivity contribution in [2.75, 3.05) is 13.7 Å². The first-order valence-electron chi connectivity index (χ1n) is 7.43. The quantitative estimate of drug-likeness (QED) is 0.742. The van der Waals surface area contributed by atoms with E-state index in [0.29, 0.717) is 10.9 Å².